The smallest absolute Gasteiger partial charge is 0.234 e. The molecule has 0 saturated heterocycles. The van der Waals surface area contributed by atoms with Crippen LogP contribution in [0, 0.1) is 0 Å². The first kappa shape index (κ1) is 20.7. The van der Waals surface area contributed by atoms with Gasteiger partial charge in [0.1, 0.15) is 16.9 Å². The standard InChI is InChI=1S/C23H25N5O3S/c1-30-20-11-16-15-9-5-6-10-18(15)31-19(16)12-17(20)25-21(29)13-32-23-27-26-22(28(23)24)14-7-3-2-4-8-14/h5-6,9-12,14H,2-4,7-8,13,24H2,1H3,(H,25,29). The Morgan fingerprint density at radius 3 is 2.81 bits per heavy atom. The van der Waals surface area contributed by atoms with Crippen molar-refractivity contribution in [3.63, 3.8) is 0 Å². The molecule has 1 aliphatic rings. The number of fused-ring (bicyclic) bond motifs is 3. The molecule has 5 rings (SSSR count). The van der Waals surface area contributed by atoms with Gasteiger partial charge in [-0.2, -0.15) is 0 Å². The van der Waals surface area contributed by atoms with Crippen molar-refractivity contribution in [3.05, 3.63) is 42.2 Å². The largest absolute Gasteiger partial charge is 0.495 e. The molecule has 1 saturated carbocycles. The molecule has 2 aromatic carbocycles. The molecule has 2 aromatic heterocycles. The van der Waals surface area contributed by atoms with E-state index in [1.807, 2.05) is 30.3 Å². The maximum atomic E-state index is 12.7. The highest BCUT2D eigenvalue weighted by molar-refractivity contribution is 7.99. The number of aromatic nitrogens is 3. The SMILES string of the molecule is COc1cc2c(cc1NC(=O)CSc1nnc(C3CCCCC3)n1N)oc1ccccc12. The Labute approximate surface area is 189 Å². The monoisotopic (exact) mass is 451 g/mol. The van der Waals surface area contributed by atoms with Crippen molar-refractivity contribution in [1.82, 2.24) is 14.9 Å². The molecular weight excluding hydrogens is 426 g/mol. The number of hydrogen-bond acceptors (Lipinski definition) is 7. The van der Waals surface area contributed by atoms with Gasteiger partial charge in [0.2, 0.25) is 11.1 Å². The fraction of sp³-hybridized carbons (Fsp3) is 0.348. The molecule has 1 fully saturated rings. The predicted molar refractivity (Wildman–Crippen MR) is 126 cm³/mol. The summed E-state index contributed by atoms with van der Waals surface area (Å²) in [6, 6.07) is 11.5. The van der Waals surface area contributed by atoms with Crippen molar-refractivity contribution in [1.29, 1.82) is 0 Å². The molecule has 1 aliphatic carbocycles. The first-order valence-electron chi connectivity index (χ1n) is 10.8. The molecule has 0 unspecified atom stereocenters. The van der Waals surface area contributed by atoms with Crippen LogP contribution in [0.25, 0.3) is 21.9 Å². The third-order valence-corrected chi connectivity index (χ3v) is 6.91. The maximum absolute atomic E-state index is 12.7. The molecule has 0 bridgehead atoms. The number of benzene rings is 2. The average molecular weight is 452 g/mol. The van der Waals surface area contributed by atoms with Crippen LogP contribution in [0.2, 0.25) is 0 Å². The molecule has 2 heterocycles. The third-order valence-electron chi connectivity index (χ3n) is 5.97. The predicted octanol–water partition coefficient (Wildman–Crippen LogP) is 4.68. The molecule has 1 amide bonds. The molecule has 166 valence electrons. The van der Waals surface area contributed by atoms with Crippen LogP contribution in [0.4, 0.5) is 5.69 Å². The van der Waals surface area contributed by atoms with Crippen molar-refractivity contribution in [2.45, 2.75) is 43.2 Å². The van der Waals surface area contributed by atoms with Gasteiger partial charge in [0.15, 0.2) is 5.82 Å². The van der Waals surface area contributed by atoms with Gasteiger partial charge in [0, 0.05) is 22.8 Å². The van der Waals surface area contributed by atoms with Crippen LogP contribution in [-0.2, 0) is 4.79 Å². The molecule has 8 nitrogen and oxygen atoms in total. The summed E-state index contributed by atoms with van der Waals surface area (Å²) in [6.45, 7) is 0. The fourth-order valence-corrected chi connectivity index (χ4v) is 5.02. The van der Waals surface area contributed by atoms with Crippen LogP contribution in [0.1, 0.15) is 43.8 Å². The second-order valence-electron chi connectivity index (χ2n) is 8.03. The minimum absolute atomic E-state index is 0.154. The van der Waals surface area contributed by atoms with E-state index in [4.69, 9.17) is 15.0 Å². The lowest BCUT2D eigenvalue weighted by atomic mass is 9.89. The molecule has 0 radical (unpaired) electrons. The highest BCUT2D eigenvalue weighted by atomic mass is 32.2. The highest BCUT2D eigenvalue weighted by Gasteiger charge is 2.23. The normalized spacial score (nSPS) is 14.8. The van der Waals surface area contributed by atoms with E-state index in [1.165, 1.54) is 35.7 Å². The lowest BCUT2D eigenvalue weighted by Crippen LogP contribution is -2.20. The van der Waals surface area contributed by atoms with Gasteiger partial charge >= 0.3 is 0 Å². The topological polar surface area (TPSA) is 108 Å². The Kier molecular flexibility index (Phi) is 5.65. The van der Waals surface area contributed by atoms with E-state index >= 15 is 0 Å². The Morgan fingerprint density at radius 1 is 1.19 bits per heavy atom. The van der Waals surface area contributed by atoms with Crippen LogP contribution >= 0.6 is 11.8 Å². The Morgan fingerprint density at radius 2 is 2.00 bits per heavy atom. The van der Waals surface area contributed by atoms with E-state index < -0.39 is 0 Å². The quantitative estimate of drug-likeness (QED) is 0.324. The van der Waals surface area contributed by atoms with Crippen LogP contribution in [0.15, 0.2) is 46.0 Å². The van der Waals surface area contributed by atoms with Gasteiger partial charge in [-0.15, -0.1) is 10.2 Å². The van der Waals surface area contributed by atoms with E-state index in [-0.39, 0.29) is 11.7 Å². The molecule has 0 aliphatic heterocycles. The molecule has 9 heteroatoms. The zero-order chi connectivity index (χ0) is 22.1. The summed E-state index contributed by atoms with van der Waals surface area (Å²) >= 11 is 1.27. The number of thioether (sulfide) groups is 1. The van der Waals surface area contributed by atoms with Crippen molar-refractivity contribution in [3.8, 4) is 5.75 Å². The average Bonchev–Trinajstić information content (AvgIpc) is 3.37. The van der Waals surface area contributed by atoms with Gasteiger partial charge < -0.3 is 20.3 Å². The summed E-state index contributed by atoms with van der Waals surface area (Å²) in [7, 11) is 1.58. The summed E-state index contributed by atoms with van der Waals surface area (Å²) in [5.41, 5.74) is 2.04. The second-order valence-corrected chi connectivity index (χ2v) is 8.97. The van der Waals surface area contributed by atoms with Gasteiger partial charge in [-0.1, -0.05) is 49.2 Å². The van der Waals surface area contributed by atoms with Gasteiger partial charge in [-0.3, -0.25) is 4.79 Å². The van der Waals surface area contributed by atoms with E-state index in [0.29, 0.717) is 28.1 Å². The number of carbonyl (C=O) groups is 1. The number of hydrogen-bond donors (Lipinski definition) is 2. The number of carbonyl (C=O) groups excluding carboxylic acids is 1. The first-order chi connectivity index (χ1) is 15.6. The molecule has 0 atom stereocenters. The summed E-state index contributed by atoms with van der Waals surface area (Å²) in [6.07, 6.45) is 5.83. The zero-order valence-electron chi connectivity index (χ0n) is 17.8. The third kappa shape index (κ3) is 3.88. The molecule has 3 N–H and O–H groups in total. The van der Waals surface area contributed by atoms with E-state index in [9.17, 15) is 4.79 Å². The summed E-state index contributed by atoms with van der Waals surface area (Å²) in [4.78, 5) is 12.7. The lowest BCUT2D eigenvalue weighted by Gasteiger charge is -2.20. The lowest BCUT2D eigenvalue weighted by molar-refractivity contribution is -0.113. The zero-order valence-corrected chi connectivity index (χ0v) is 18.7. The van der Waals surface area contributed by atoms with Gasteiger partial charge in [-0.05, 0) is 25.0 Å². The van der Waals surface area contributed by atoms with Gasteiger partial charge in [0.25, 0.3) is 0 Å². The number of amides is 1. The molecular formula is C23H25N5O3S. The van der Waals surface area contributed by atoms with E-state index in [0.717, 1.165) is 35.0 Å². The highest BCUT2D eigenvalue weighted by Crippen LogP contribution is 2.36. The number of nitrogens with zero attached hydrogens (tertiary/aromatic N) is 3. The van der Waals surface area contributed by atoms with Gasteiger partial charge in [0.05, 0.1) is 18.6 Å². The van der Waals surface area contributed by atoms with Crippen molar-refractivity contribution in [2.75, 3.05) is 24.0 Å². The maximum Gasteiger partial charge on any atom is 0.234 e. The Balaban J connectivity index is 1.30. The number of furan rings is 1. The summed E-state index contributed by atoms with van der Waals surface area (Å²) < 4.78 is 13.0. The Bertz CT molecular complexity index is 1280. The second kappa shape index (κ2) is 8.74. The number of anilines is 1. The van der Waals surface area contributed by atoms with Gasteiger partial charge in [-0.25, -0.2) is 4.68 Å². The van der Waals surface area contributed by atoms with Crippen LogP contribution < -0.4 is 15.9 Å². The number of nitrogens with two attached hydrogens (primary N) is 1. The minimum atomic E-state index is -0.189. The number of para-hydroxylation sites is 1. The summed E-state index contributed by atoms with van der Waals surface area (Å²) in [5, 5.41) is 13.9. The van der Waals surface area contributed by atoms with E-state index in [2.05, 4.69) is 15.5 Å². The molecule has 0 spiro atoms. The van der Waals surface area contributed by atoms with E-state index in [1.54, 1.807) is 13.2 Å². The minimum Gasteiger partial charge on any atom is -0.495 e. The fourth-order valence-electron chi connectivity index (χ4n) is 4.36. The van der Waals surface area contributed by atoms with Crippen LogP contribution in [-0.4, -0.2) is 33.6 Å². The molecule has 4 aromatic rings. The van der Waals surface area contributed by atoms with Crippen molar-refractivity contribution in [2.24, 2.45) is 0 Å². The number of nitrogen functional groups attached to an aromatic ring is 1. The number of methoxy groups -OCH3 is 1. The van der Waals surface area contributed by atoms with Crippen molar-refractivity contribution < 1.29 is 13.9 Å². The number of rotatable bonds is 6. The van der Waals surface area contributed by atoms with Crippen LogP contribution in [0.5, 0.6) is 5.75 Å². The Hall–Kier alpha value is -3.20. The number of ether oxygens (including phenoxy) is 1. The van der Waals surface area contributed by atoms with Crippen molar-refractivity contribution >= 4 is 45.3 Å². The number of nitrogens with one attached hydrogen (secondary N) is 1. The summed E-state index contributed by atoms with van der Waals surface area (Å²) in [5.74, 6) is 7.92. The molecule has 32 heavy (non-hydrogen) atoms. The van der Waals surface area contributed by atoms with Crippen LogP contribution in [0.3, 0.4) is 0 Å². The first-order valence-corrected chi connectivity index (χ1v) is 11.7.